The summed E-state index contributed by atoms with van der Waals surface area (Å²) < 4.78 is 68.7. The molecule has 5 atom stereocenters. The van der Waals surface area contributed by atoms with Gasteiger partial charge < -0.3 is 33.8 Å². The number of hydrogen-bond donors (Lipinski definition) is 3. The van der Waals surface area contributed by atoms with Gasteiger partial charge in [-0.3, -0.25) is 37.3 Å². The molecule has 0 saturated heterocycles. The minimum atomic E-state index is -4.96. The molecule has 0 aliphatic heterocycles. The van der Waals surface area contributed by atoms with Crippen molar-refractivity contribution >= 4 is 39.5 Å². The topological polar surface area (TPSA) is 237 Å². The molecule has 0 aliphatic carbocycles. The molecule has 103 heavy (non-hydrogen) atoms. The number of ether oxygens (including phenoxy) is 4. The van der Waals surface area contributed by atoms with Gasteiger partial charge in [0.05, 0.1) is 26.4 Å². The molecule has 17 nitrogen and oxygen atoms in total. The maximum atomic E-state index is 13.1. The Morgan fingerprint density at radius 3 is 0.660 bits per heavy atom. The van der Waals surface area contributed by atoms with Crippen LogP contribution in [0.15, 0.2) is 0 Å². The number of carbonyl (C=O) groups excluding carboxylic acids is 4. The van der Waals surface area contributed by atoms with E-state index in [1.807, 2.05) is 0 Å². The molecule has 0 rings (SSSR count). The number of unbranched alkanes of at least 4 members (excludes halogenated alkanes) is 56. The van der Waals surface area contributed by atoms with Crippen LogP contribution in [0, 0.1) is 5.92 Å². The van der Waals surface area contributed by atoms with Gasteiger partial charge in [-0.25, -0.2) is 9.13 Å². The Balaban J connectivity index is 5.18. The molecule has 0 amide bonds. The first-order chi connectivity index (χ1) is 50.0. The molecule has 0 heterocycles. The monoisotopic (exact) mass is 1510 g/mol. The summed E-state index contributed by atoms with van der Waals surface area (Å²) in [5.74, 6) is -1.39. The second-order valence-corrected chi connectivity index (χ2v) is 33.6. The Bertz CT molecular complexity index is 1960. The third-order valence-electron chi connectivity index (χ3n) is 19.8. The largest absolute Gasteiger partial charge is 0.472 e. The number of esters is 4. The number of phosphoric acid groups is 2. The van der Waals surface area contributed by atoms with Crippen molar-refractivity contribution < 1.29 is 80.2 Å². The van der Waals surface area contributed by atoms with Crippen molar-refractivity contribution in [3.05, 3.63) is 0 Å². The molecule has 0 radical (unpaired) electrons. The summed E-state index contributed by atoms with van der Waals surface area (Å²) in [5, 5.41) is 10.6. The van der Waals surface area contributed by atoms with Crippen LogP contribution in [0.3, 0.4) is 0 Å². The van der Waals surface area contributed by atoms with E-state index in [4.69, 9.17) is 37.0 Å². The molecule has 0 bridgehead atoms. The van der Waals surface area contributed by atoms with Gasteiger partial charge in [0.25, 0.3) is 0 Å². The molecule has 0 saturated carbocycles. The molecule has 0 aromatic heterocycles. The van der Waals surface area contributed by atoms with Crippen LogP contribution in [0.4, 0.5) is 0 Å². The van der Waals surface area contributed by atoms with E-state index in [2.05, 4.69) is 34.6 Å². The van der Waals surface area contributed by atoms with Gasteiger partial charge in [0.15, 0.2) is 12.2 Å². The van der Waals surface area contributed by atoms with Crippen LogP contribution in [0.25, 0.3) is 0 Å². The zero-order chi connectivity index (χ0) is 75.5. The van der Waals surface area contributed by atoms with E-state index in [1.54, 1.807) is 0 Å². The number of aliphatic hydroxyl groups is 1. The first kappa shape index (κ1) is 101. The fourth-order valence-electron chi connectivity index (χ4n) is 13.1. The van der Waals surface area contributed by atoms with Crippen molar-refractivity contribution in [2.24, 2.45) is 5.92 Å². The molecule has 0 aromatic rings. The van der Waals surface area contributed by atoms with Crippen LogP contribution in [-0.4, -0.2) is 96.7 Å². The smallest absolute Gasteiger partial charge is 0.462 e. The van der Waals surface area contributed by atoms with Gasteiger partial charge in [-0.05, 0) is 31.6 Å². The summed E-state index contributed by atoms with van der Waals surface area (Å²) in [6.45, 7) is 7.29. The van der Waals surface area contributed by atoms with Crippen molar-refractivity contribution in [1.82, 2.24) is 0 Å². The average molecular weight is 1510 g/mol. The van der Waals surface area contributed by atoms with Crippen LogP contribution in [0.1, 0.15) is 452 Å². The Kier molecular flexibility index (Phi) is 75.4. The van der Waals surface area contributed by atoms with E-state index in [0.29, 0.717) is 25.7 Å². The molecule has 0 aromatic carbocycles. The second kappa shape index (κ2) is 76.8. The average Bonchev–Trinajstić information content (AvgIpc) is 0.926. The second-order valence-electron chi connectivity index (χ2n) is 30.7. The molecule has 0 spiro atoms. The first-order valence-electron chi connectivity index (χ1n) is 43.6. The van der Waals surface area contributed by atoms with Crippen molar-refractivity contribution in [1.29, 1.82) is 0 Å². The molecule has 612 valence electrons. The number of phosphoric ester groups is 2. The van der Waals surface area contributed by atoms with E-state index >= 15 is 0 Å². The number of rotatable bonds is 84. The zero-order valence-electron chi connectivity index (χ0n) is 67.5. The van der Waals surface area contributed by atoms with Crippen LogP contribution in [0.2, 0.25) is 0 Å². The van der Waals surface area contributed by atoms with Gasteiger partial charge in [-0.15, -0.1) is 0 Å². The van der Waals surface area contributed by atoms with E-state index in [9.17, 15) is 43.2 Å². The Hall–Kier alpha value is -1.94. The summed E-state index contributed by atoms with van der Waals surface area (Å²) in [6.07, 6.45) is 69.7. The summed E-state index contributed by atoms with van der Waals surface area (Å²) in [6, 6.07) is 0. The van der Waals surface area contributed by atoms with Gasteiger partial charge in [0.1, 0.15) is 19.3 Å². The van der Waals surface area contributed by atoms with E-state index in [1.165, 1.54) is 276 Å². The number of hydrogen-bond acceptors (Lipinski definition) is 15. The molecule has 0 aliphatic rings. The maximum Gasteiger partial charge on any atom is 0.472 e. The third-order valence-corrected chi connectivity index (χ3v) is 21.7. The van der Waals surface area contributed by atoms with E-state index in [0.717, 1.165) is 95.8 Å². The minimum Gasteiger partial charge on any atom is -0.462 e. The van der Waals surface area contributed by atoms with Gasteiger partial charge in [-0.1, -0.05) is 401 Å². The number of aliphatic hydroxyl groups excluding tert-OH is 1. The summed E-state index contributed by atoms with van der Waals surface area (Å²) in [5.41, 5.74) is 0. The Morgan fingerprint density at radius 1 is 0.262 bits per heavy atom. The minimum absolute atomic E-state index is 0.105. The van der Waals surface area contributed by atoms with Crippen molar-refractivity contribution in [3.8, 4) is 0 Å². The van der Waals surface area contributed by atoms with Crippen molar-refractivity contribution in [3.63, 3.8) is 0 Å². The lowest BCUT2D eigenvalue weighted by atomic mass is 10.0. The van der Waals surface area contributed by atoms with Crippen molar-refractivity contribution in [2.45, 2.75) is 470 Å². The van der Waals surface area contributed by atoms with Crippen LogP contribution in [-0.2, 0) is 65.4 Å². The first-order valence-corrected chi connectivity index (χ1v) is 46.6. The number of carbonyl (C=O) groups is 4. The lowest BCUT2D eigenvalue weighted by Gasteiger charge is -2.21. The van der Waals surface area contributed by atoms with E-state index < -0.39 is 97.5 Å². The highest BCUT2D eigenvalue weighted by Gasteiger charge is 2.30. The quantitative estimate of drug-likeness (QED) is 0.0222. The molecular weight excluding hydrogens is 1340 g/mol. The molecule has 0 fully saturated rings. The lowest BCUT2D eigenvalue weighted by molar-refractivity contribution is -0.161. The van der Waals surface area contributed by atoms with E-state index in [-0.39, 0.29) is 25.7 Å². The fraction of sp³-hybridized carbons (Fsp3) is 0.952. The lowest BCUT2D eigenvalue weighted by Crippen LogP contribution is -2.30. The predicted molar refractivity (Wildman–Crippen MR) is 423 cm³/mol. The van der Waals surface area contributed by atoms with Gasteiger partial charge in [0.2, 0.25) is 0 Å². The summed E-state index contributed by atoms with van der Waals surface area (Å²) in [7, 11) is -9.92. The van der Waals surface area contributed by atoms with Gasteiger partial charge in [0, 0.05) is 25.7 Å². The van der Waals surface area contributed by atoms with Gasteiger partial charge >= 0.3 is 39.5 Å². The summed E-state index contributed by atoms with van der Waals surface area (Å²) >= 11 is 0. The predicted octanol–water partition coefficient (Wildman–Crippen LogP) is 25.6. The van der Waals surface area contributed by atoms with Gasteiger partial charge in [-0.2, -0.15) is 0 Å². The molecule has 3 N–H and O–H groups in total. The molecule has 19 heteroatoms. The highest BCUT2D eigenvalue weighted by molar-refractivity contribution is 7.47. The third kappa shape index (κ3) is 78.0. The normalized spacial score (nSPS) is 13.8. The molecule has 2 unspecified atom stereocenters. The Labute approximate surface area is 632 Å². The van der Waals surface area contributed by atoms with Crippen LogP contribution >= 0.6 is 15.6 Å². The Morgan fingerprint density at radius 2 is 0.447 bits per heavy atom. The van der Waals surface area contributed by atoms with Crippen LogP contribution in [0.5, 0.6) is 0 Å². The van der Waals surface area contributed by atoms with Crippen LogP contribution < -0.4 is 0 Å². The highest BCUT2D eigenvalue weighted by atomic mass is 31.2. The summed E-state index contributed by atoms with van der Waals surface area (Å²) in [4.78, 5) is 73.0. The maximum absolute atomic E-state index is 13.1. The SMILES string of the molecule is CCCCCCCCCCCCCCCCCCCCCCCCC(=O)O[C@H](COC(=O)CCCCCCCCCCCCCCCCCCCCCC)COP(=O)(O)OC[C@@H](O)COP(=O)(O)OC[C@@H](COC(=O)CCCCCCCCCCCC)OC(=O)CCCCCCCCCCC(C)C. The highest BCUT2D eigenvalue weighted by Crippen LogP contribution is 2.45. The fourth-order valence-corrected chi connectivity index (χ4v) is 14.7. The zero-order valence-corrected chi connectivity index (χ0v) is 69.3. The standard InChI is InChI=1S/C84H164O17P2/c1-6-9-12-15-18-21-24-26-28-30-32-34-35-37-39-41-43-45-48-54-59-64-69-83(88)100-79(73-95-82(87)68-63-58-53-47-44-42-40-38-36-33-31-29-27-25-22-19-16-13-10-7-2)75-98-102(90,91)96-71-78(85)72-97-103(92,93)99-76-80(74-94-81(86)67-62-57-52-46-23-20-17-14-11-8-3)101-84(89)70-65-60-55-50-49-51-56-61-66-77(4)5/h77-80,85H,6-76H2,1-5H3,(H,90,91)(H,92,93)/t78-,79-,80-/m1/s1. The molecular formula is C84H164O17P2. The van der Waals surface area contributed by atoms with Crippen molar-refractivity contribution in [2.75, 3.05) is 39.6 Å².